The lowest BCUT2D eigenvalue weighted by Crippen LogP contribution is -2.44. The van der Waals surface area contributed by atoms with Gasteiger partial charge in [0.05, 0.1) is 17.6 Å². The number of ether oxygens (including phenoxy) is 1. The van der Waals surface area contributed by atoms with Gasteiger partial charge >= 0.3 is 5.69 Å². The Morgan fingerprint density at radius 3 is 2.44 bits per heavy atom. The molecule has 0 amide bonds. The standard InChI is InChI=1S/C26H36N4O2/c1-6-29-22-10-8-9-11-23(22)30(24(29)31)18-26(19-32-7-2)14-15-28(17-26)25(4,5)21-13-12-20(3)27-16-21/h8-13,16H,6-7,14-15,17-19H2,1-5H3/t26-/m1/s1. The number of rotatable bonds is 8. The summed E-state index contributed by atoms with van der Waals surface area (Å²) in [6.07, 6.45) is 2.99. The van der Waals surface area contributed by atoms with Crippen molar-refractivity contribution in [1.82, 2.24) is 19.0 Å². The highest BCUT2D eigenvalue weighted by atomic mass is 16.5. The minimum absolute atomic E-state index is 0.0741. The summed E-state index contributed by atoms with van der Waals surface area (Å²) >= 11 is 0. The fourth-order valence-electron chi connectivity index (χ4n) is 5.10. The Hall–Kier alpha value is -2.44. The van der Waals surface area contributed by atoms with Crippen LogP contribution in [0.25, 0.3) is 11.0 Å². The van der Waals surface area contributed by atoms with Crippen LogP contribution in [0.5, 0.6) is 0 Å². The molecule has 3 aromatic rings. The van der Waals surface area contributed by atoms with Crippen LogP contribution in [0.15, 0.2) is 47.4 Å². The van der Waals surface area contributed by atoms with Crippen molar-refractivity contribution in [3.05, 3.63) is 64.3 Å². The molecule has 1 aliphatic heterocycles. The fourth-order valence-corrected chi connectivity index (χ4v) is 5.10. The van der Waals surface area contributed by atoms with Crippen LogP contribution < -0.4 is 5.69 Å². The van der Waals surface area contributed by atoms with Crippen molar-refractivity contribution in [1.29, 1.82) is 0 Å². The van der Waals surface area contributed by atoms with Crippen molar-refractivity contribution >= 4 is 11.0 Å². The summed E-state index contributed by atoms with van der Waals surface area (Å²) in [5.41, 5.74) is 4.08. The lowest BCUT2D eigenvalue weighted by atomic mass is 9.87. The third-order valence-electron chi connectivity index (χ3n) is 7.19. The van der Waals surface area contributed by atoms with E-state index in [1.54, 1.807) is 0 Å². The number of aryl methyl sites for hydroxylation is 2. The van der Waals surface area contributed by atoms with Crippen molar-refractivity contribution in [2.45, 2.75) is 59.7 Å². The number of para-hydroxylation sites is 2. The van der Waals surface area contributed by atoms with Crippen LogP contribution >= 0.6 is 0 Å². The Morgan fingerprint density at radius 2 is 1.81 bits per heavy atom. The maximum atomic E-state index is 13.3. The van der Waals surface area contributed by atoms with Gasteiger partial charge in [-0.2, -0.15) is 0 Å². The second-order valence-corrected chi connectivity index (χ2v) is 9.66. The monoisotopic (exact) mass is 436 g/mol. The molecule has 0 aliphatic carbocycles. The van der Waals surface area contributed by atoms with E-state index in [-0.39, 0.29) is 16.6 Å². The first-order valence-electron chi connectivity index (χ1n) is 11.8. The van der Waals surface area contributed by atoms with Gasteiger partial charge in [-0.15, -0.1) is 0 Å². The summed E-state index contributed by atoms with van der Waals surface area (Å²) in [7, 11) is 0. The number of fused-ring (bicyclic) bond motifs is 1. The summed E-state index contributed by atoms with van der Waals surface area (Å²) in [5, 5.41) is 0. The molecule has 172 valence electrons. The van der Waals surface area contributed by atoms with Crippen LogP contribution in [0.4, 0.5) is 0 Å². The SMILES string of the molecule is CCOC[C@]1(Cn2c(=O)n(CC)c3ccccc32)CCN(C(C)(C)c2ccc(C)nc2)C1. The number of likely N-dealkylation sites (tertiary alicyclic amines) is 1. The molecule has 0 unspecified atom stereocenters. The van der Waals surface area contributed by atoms with Gasteiger partial charge in [-0.3, -0.25) is 19.0 Å². The Kier molecular flexibility index (Phi) is 6.28. The molecule has 4 rings (SSSR count). The molecule has 1 fully saturated rings. The fraction of sp³-hybridized carbons (Fsp3) is 0.538. The predicted octanol–water partition coefficient (Wildman–Crippen LogP) is 4.19. The van der Waals surface area contributed by atoms with Gasteiger partial charge in [0.1, 0.15) is 0 Å². The molecule has 1 aliphatic rings. The van der Waals surface area contributed by atoms with Crippen molar-refractivity contribution in [2.75, 3.05) is 26.3 Å². The number of imidazole rings is 1. The third-order valence-corrected chi connectivity index (χ3v) is 7.19. The van der Waals surface area contributed by atoms with E-state index in [0.29, 0.717) is 26.3 Å². The van der Waals surface area contributed by atoms with Crippen LogP contribution in [-0.2, 0) is 23.4 Å². The lowest BCUT2D eigenvalue weighted by Gasteiger charge is -2.38. The number of aromatic nitrogens is 3. The molecule has 1 atom stereocenters. The van der Waals surface area contributed by atoms with Crippen molar-refractivity contribution < 1.29 is 4.74 Å². The highest BCUT2D eigenvalue weighted by Crippen LogP contribution is 2.40. The molecule has 0 N–H and O–H groups in total. The largest absolute Gasteiger partial charge is 0.381 e. The van der Waals surface area contributed by atoms with Crippen LogP contribution in [0.2, 0.25) is 0 Å². The average Bonchev–Trinajstić information content (AvgIpc) is 3.33. The smallest absolute Gasteiger partial charge is 0.329 e. The topological polar surface area (TPSA) is 52.3 Å². The first-order chi connectivity index (χ1) is 15.3. The van der Waals surface area contributed by atoms with Crippen molar-refractivity contribution in [2.24, 2.45) is 5.41 Å². The molecule has 3 heterocycles. The van der Waals surface area contributed by atoms with E-state index in [1.807, 2.05) is 54.3 Å². The highest BCUT2D eigenvalue weighted by molar-refractivity contribution is 5.76. The Balaban J connectivity index is 1.68. The molecule has 2 aromatic heterocycles. The van der Waals surface area contributed by atoms with Gasteiger partial charge in [0.15, 0.2) is 0 Å². The Bertz CT molecular complexity index is 1130. The van der Waals surface area contributed by atoms with E-state index >= 15 is 0 Å². The lowest BCUT2D eigenvalue weighted by molar-refractivity contribution is 0.0333. The molecule has 6 nitrogen and oxygen atoms in total. The molecule has 0 saturated carbocycles. The van der Waals surface area contributed by atoms with Gasteiger partial charge < -0.3 is 4.74 Å². The van der Waals surface area contributed by atoms with Crippen LogP contribution in [0, 0.1) is 12.3 Å². The quantitative estimate of drug-likeness (QED) is 0.531. The number of nitrogens with zero attached hydrogens (tertiary/aromatic N) is 4. The minimum atomic E-state index is -0.142. The maximum absolute atomic E-state index is 13.3. The van der Waals surface area contributed by atoms with Crippen molar-refractivity contribution in [3.8, 4) is 0 Å². The Morgan fingerprint density at radius 1 is 1.09 bits per heavy atom. The van der Waals surface area contributed by atoms with Gasteiger partial charge in [0.2, 0.25) is 0 Å². The first kappa shape index (κ1) is 22.7. The summed E-state index contributed by atoms with van der Waals surface area (Å²) in [6.45, 7) is 15.1. The van der Waals surface area contributed by atoms with Gasteiger partial charge in [-0.05, 0) is 71.3 Å². The van der Waals surface area contributed by atoms with Crippen molar-refractivity contribution in [3.63, 3.8) is 0 Å². The number of hydrogen-bond acceptors (Lipinski definition) is 4. The maximum Gasteiger partial charge on any atom is 0.329 e. The van der Waals surface area contributed by atoms with Crippen LogP contribution in [-0.4, -0.2) is 45.3 Å². The zero-order chi connectivity index (χ0) is 22.9. The summed E-state index contributed by atoms with van der Waals surface area (Å²) in [6, 6.07) is 12.4. The van der Waals surface area contributed by atoms with E-state index in [2.05, 4.69) is 41.9 Å². The second kappa shape index (κ2) is 8.83. The third kappa shape index (κ3) is 4.02. The zero-order valence-electron chi connectivity index (χ0n) is 20.1. The molecule has 1 saturated heterocycles. The van der Waals surface area contributed by atoms with E-state index in [1.165, 1.54) is 5.56 Å². The van der Waals surface area contributed by atoms with Gasteiger partial charge in [-0.25, -0.2) is 4.79 Å². The summed E-state index contributed by atoms with van der Waals surface area (Å²) in [4.78, 5) is 20.4. The molecule has 0 radical (unpaired) electrons. The molecule has 0 bridgehead atoms. The van der Waals surface area contributed by atoms with Crippen LogP contribution in [0.1, 0.15) is 45.4 Å². The van der Waals surface area contributed by atoms with Gasteiger partial charge in [0.25, 0.3) is 0 Å². The predicted molar refractivity (Wildman–Crippen MR) is 129 cm³/mol. The van der Waals surface area contributed by atoms with Crippen LogP contribution in [0.3, 0.4) is 0 Å². The van der Waals surface area contributed by atoms with Gasteiger partial charge in [0, 0.05) is 49.1 Å². The number of hydrogen-bond donors (Lipinski definition) is 0. The molecule has 1 aromatic carbocycles. The average molecular weight is 437 g/mol. The first-order valence-corrected chi connectivity index (χ1v) is 11.8. The normalized spacial score (nSPS) is 19.8. The van der Waals surface area contributed by atoms with E-state index in [4.69, 9.17) is 4.74 Å². The van der Waals surface area contributed by atoms with E-state index < -0.39 is 0 Å². The molecule has 0 spiro atoms. The summed E-state index contributed by atoms with van der Waals surface area (Å²) < 4.78 is 9.85. The Labute approximate surface area is 190 Å². The molecule has 32 heavy (non-hydrogen) atoms. The molecule has 6 heteroatoms. The number of pyridine rings is 1. The minimum Gasteiger partial charge on any atom is -0.381 e. The number of benzene rings is 1. The van der Waals surface area contributed by atoms with Gasteiger partial charge in [-0.1, -0.05) is 18.2 Å². The summed E-state index contributed by atoms with van der Waals surface area (Å²) in [5.74, 6) is 0. The second-order valence-electron chi connectivity index (χ2n) is 9.66. The molecular weight excluding hydrogens is 400 g/mol. The van der Waals surface area contributed by atoms with E-state index in [9.17, 15) is 4.79 Å². The highest BCUT2D eigenvalue weighted by Gasteiger charge is 2.44. The zero-order valence-corrected chi connectivity index (χ0v) is 20.1. The van der Waals surface area contributed by atoms with E-state index in [0.717, 1.165) is 36.2 Å². The molecular formula is C26H36N4O2.